The van der Waals surface area contributed by atoms with Gasteiger partial charge >= 0.3 is 0 Å². The molecule has 100 valence electrons. The first-order chi connectivity index (χ1) is 9.66. The minimum Gasteiger partial charge on any atom is -0.398 e. The van der Waals surface area contributed by atoms with Crippen molar-refractivity contribution >= 4 is 21.6 Å². The number of benzene rings is 2. The predicted octanol–water partition coefficient (Wildman–Crippen LogP) is 2.98. The Labute approximate surface area is 124 Å². The number of nitrogens with zero attached hydrogens (tertiary/aromatic N) is 4. The Morgan fingerprint density at radius 3 is 2.55 bits per heavy atom. The normalized spacial score (nSPS) is 10.7. The number of aromatic nitrogens is 4. The van der Waals surface area contributed by atoms with Crippen LogP contribution in [0.25, 0.3) is 17.1 Å². The lowest BCUT2D eigenvalue weighted by atomic mass is 10.1. The van der Waals surface area contributed by atoms with Crippen LogP contribution in [0, 0.1) is 6.92 Å². The smallest absolute Gasteiger partial charge is 0.189 e. The molecule has 3 aromatic rings. The summed E-state index contributed by atoms with van der Waals surface area (Å²) < 4.78 is 2.69. The van der Waals surface area contributed by atoms with E-state index in [1.54, 1.807) is 4.68 Å². The Bertz CT molecular complexity index is 728. The summed E-state index contributed by atoms with van der Waals surface area (Å²) in [7, 11) is 0. The molecular formula is C14H12BrN5. The summed E-state index contributed by atoms with van der Waals surface area (Å²) in [5.41, 5.74) is 9.52. The van der Waals surface area contributed by atoms with Crippen molar-refractivity contribution in [2.24, 2.45) is 0 Å². The average molecular weight is 330 g/mol. The highest BCUT2D eigenvalue weighted by molar-refractivity contribution is 9.10. The first kappa shape index (κ1) is 12.8. The van der Waals surface area contributed by atoms with Crippen molar-refractivity contribution in [2.45, 2.75) is 6.92 Å². The maximum atomic E-state index is 6.07. The van der Waals surface area contributed by atoms with Gasteiger partial charge in [0.25, 0.3) is 0 Å². The largest absolute Gasteiger partial charge is 0.398 e. The van der Waals surface area contributed by atoms with Gasteiger partial charge in [0.05, 0.1) is 5.69 Å². The van der Waals surface area contributed by atoms with E-state index in [-0.39, 0.29) is 0 Å². The highest BCUT2D eigenvalue weighted by Crippen LogP contribution is 2.28. The van der Waals surface area contributed by atoms with Gasteiger partial charge < -0.3 is 5.73 Å². The van der Waals surface area contributed by atoms with E-state index in [1.165, 1.54) is 0 Å². The molecule has 0 aliphatic rings. The molecule has 0 fully saturated rings. The molecule has 20 heavy (non-hydrogen) atoms. The molecule has 0 amide bonds. The molecule has 0 saturated heterocycles. The summed E-state index contributed by atoms with van der Waals surface area (Å²) in [4.78, 5) is 0. The zero-order valence-corrected chi connectivity index (χ0v) is 12.4. The predicted molar refractivity (Wildman–Crippen MR) is 81.4 cm³/mol. The minimum atomic E-state index is 0.642. The fraction of sp³-hybridized carbons (Fsp3) is 0.0714. The molecule has 0 aliphatic heterocycles. The lowest BCUT2D eigenvalue weighted by Gasteiger charge is -2.09. The molecule has 2 aromatic carbocycles. The average Bonchev–Trinajstić information content (AvgIpc) is 2.88. The molecule has 2 N–H and O–H groups in total. The zero-order chi connectivity index (χ0) is 14.1. The van der Waals surface area contributed by atoms with Gasteiger partial charge in [-0.2, -0.15) is 4.68 Å². The fourth-order valence-electron chi connectivity index (χ4n) is 2.10. The maximum Gasteiger partial charge on any atom is 0.189 e. The Kier molecular flexibility index (Phi) is 3.23. The van der Waals surface area contributed by atoms with E-state index in [9.17, 15) is 0 Å². The maximum absolute atomic E-state index is 6.07. The molecule has 0 atom stereocenters. The Morgan fingerprint density at radius 2 is 1.85 bits per heavy atom. The Hall–Kier alpha value is -2.21. The number of nitrogens with two attached hydrogens (primary N) is 1. The van der Waals surface area contributed by atoms with Crippen molar-refractivity contribution in [3.63, 3.8) is 0 Å². The lowest BCUT2D eigenvalue weighted by Crippen LogP contribution is -2.02. The Balaban J connectivity index is 2.18. The molecule has 3 rings (SSSR count). The van der Waals surface area contributed by atoms with Crippen LogP contribution in [-0.4, -0.2) is 20.2 Å². The van der Waals surface area contributed by atoms with Crippen LogP contribution >= 0.6 is 15.9 Å². The van der Waals surface area contributed by atoms with Gasteiger partial charge in [-0.15, -0.1) is 5.10 Å². The van der Waals surface area contributed by atoms with E-state index < -0.39 is 0 Å². The van der Waals surface area contributed by atoms with E-state index in [0.29, 0.717) is 11.5 Å². The van der Waals surface area contributed by atoms with Crippen LogP contribution in [0.2, 0.25) is 0 Å². The van der Waals surface area contributed by atoms with Gasteiger partial charge in [-0.1, -0.05) is 28.1 Å². The van der Waals surface area contributed by atoms with Crippen molar-refractivity contribution in [1.82, 2.24) is 20.2 Å². The molecule has 0 spiro atoms. The van der Waals surface area contributed by atoms with E-state index in [2.05, 4.69) is 31.5 Å². The van der Waals surface area contributed by atoms with Crippen molar-refractivity contribution in [1.29, 1.82) is 0 Å². The number of hydrogen-bond acceptors (Lipinski definition) is 4. The van der Waals surface area contributed by atoms with E-state index >= 15 is 0 Å². The SMILES string of the molecule is Cc1cccc(N)c1-c1nnnn1-c1ccc(Br)cc1. The summed E-state index contributed by atoms with van der Waals surface area (Å²) in [5.74, 6) is 0.642. The van der Waals surface area contributed by atoms with Crippen LogP contribution in [0.5, 0.6) is 0 Å². The number of anilines is 1. The molecule has 0 unspecified atom stereocenters. The second kappa shape index (κ2) is 5.05. The van der Waals surface area contributed by atoms with Crippen LogP contribution in [-0.2, 0) is 0 Å². The topological polar surface area (TPSA) is 69.6 Å². The van der Waals surface area contributed by atoms with Gasteiger partial charge in [-0.05, 0) is 53.2 Å². The molecule has 6 heteroatoms. The number of halogens is 1. The lowest BCUT2D eigenvalue weighted by molar-refractivity contribution is 0.791. The van der Waals surface area contributed by atoms with Crippen LogP contribution in [0.3, 0.4) is 0 Å². The quantitative estimate of drug-likeness (QED) is 0.734. The molecule has 5 nitrogen and oxygen atoms in total. The standard InChI is InChI=1S/C14H12BrN5/c1-9-3-2-4-12(16)13(9)14-17-18-19-20(14)11-7-5-10(15)6-8-11/h2-8H,16H2,1H3. The molecule has 0 radical (unpaired) electrons. The third kappa shape index (κ3) is 2.18. The third-order valence-electron chi connectivity index (χ3n) is 3.07. The first-order valence-electron chi connectivity index (χ1n) is 6.06. The minimum absolute atomic E-state index is 0.642. The van der Waals surface area contributed by atoms with Crippen molar-refractivity contribution in [3.05, 3.63) is 52.5 Å². The number of aryl methyl sites for hydroxylation is 1. The highest BCUT2D eigenvalue weighted by Gasteiger charge is 2.15. The van der Waals surface area contributed by atoms with Crippen LogP contribution < -0.4 is 5.73 Å². The monoisotopic (exact) mass is 329 g/mol. The van der Waals surface area contributed by atoms with Gasteiger partial charge in [0, 0.05) is 15.7 Å². The van der Waals surface area contributed by atoms with Crippen molar-refractivity contribution < 1.29 is 0 Å². The van der Waals surface area contributed by atoms with Gasteiger partial charge in [0.2, 0.25) is 0 Å². The first-order valence-corrected chi connectivity index (χ1v) is 6.86. The van der Waals surface area contributed by atoms with E-state index in [4.69, 9.17) is 5.73 Å². The van der Waals surface area contributed by atoms with E-state index in [1.807, 2.05) is 49.4 Å². The highest BCUT2D eigenvalue weighted by atomic mass is 79.9. The molecule has 0 aliphatic carbocycles. The molecule has 0 saturated carbocycles. The van der Waals surface area contributed by atoms with Gasteiger partial charge in [-0.25, -0.2) is 0 Å². The summed E-state index contributed by atoms with van der Waals surface area (Å²) in [6.45, 7) is 1.99. The van der Waals surface area contributed by atoms with Crippen molar-refractivity contribution in [3.8, 4) is 17.1 Å². The summed E-state index contributed by atoms with van der Waals surface area (Å²) in [6, 6.07) is 13.5. The van der Waals surface area contributed by atoms with E-state index in [0.717, 1.165) is 21.3 Å². The van der Waals surface area contributed by atoms with Crippen LogP contribution in [0.1, 0.15) is 5.56 Å². The van der Waals surface area contributed by atoms with Gasteiger partial charge in [0.1, 0.15) is 0 Å². The number of rotatable bonds is 2. The zero-order valence-electron chi connectivity index (χ0n) is 10.8. The van der Waals surface area contributed by atoms with Gasteiger partial charge in [0.15, 0.2) is 5.82 Å². The number of nitrogen functional groups attached to an aromatic ring is 1. The summed E-state index contributed by atoms with van der Waals surface area (Å²) in [6.07, 6.45) is 0. The molecule has 0 bridgehead atoms. The molecule has 1 aromatic heterocycles. The number of hydrogen-bond donors (Lipinski definition) is 1. The molecule has 1 heterocycles. The third-order valence-corrected chi connectivity index (χ3v) is 3.60. The summed E-state index contributed by atoms with van der Waals surface area (Å²) in [5, 5.41) is 12.0. The van der Waals surface area contributed by atoms with Crippen LogP contribution in [0.15, 0.2) is 46.9 Å². The van der Waals surface area contributed by atoms with Crippen LogP contribution in [0.4, 0.5) is 5.69 Å². The fourth-order valence-corrected chi connectivity index (χ4v) is 2.36. The second-order valence-corrected chi connectivity index (χ2v) is 5.35. The summed E-state index contributed by atoms with van der Waals surface area (Å²) >= 11 is 3.41. The number of tetrazole rings is 1. The molecular weight excluding hydrogens is 318 g/mol. The Morgan fingerprint density at radius 1 is 1.10 bits per heavy atom. The van der Waals surface area contributed by atoms with Gasteiger partial charge in [-0.3, -0.25) is 0 Å². The van der Waals surface area contributed by atoms with Crippen molar-refractivity contribution in [2.75, 3.05) is 5.73 Å². The second-order valence-electron chi connectivity index (χ2n) is 4.43.